The fourth-order valence-corrected chi connectivity index (χ4v) is 3.21. The first-order chi connectivity index (χ1) is 15.3. The summed E-state index contributed by atoms with van der Waals surface area (Å²) in [6, 6.07) is -0.545. The van der Waals surface area contributed by atoms with Crippen LogP contribution in [0.5, 0.6) is 0 Å². The monoisotopic (exact) mass is 451 g/mol. The molecule has 9 N–H and O–H groups in total. The van der Waals surface area contributed by atoms with E-state index in [1.54, 1.807) is 26.6 Å². The highest BCUT2D eigenvalue weighted by atomic mass is 16.2. The van der Waals surface area contributed by atoms with E-state index in [-0.39, 0.29) is 48.6 Å². The Hall–Kier alpha value is -2.83. The van der Waals surface area contributed by atoms with Gasteiger partial charge in [0.1, 0.15) is 0 Å². The molecule has 0 bridgehead atoms. The summed E-state index contributed by atoms with van der Waals surface area (Å²) in [7, 11) is 3.41. The minimum absolute atomic E-state index is 0.0271. The number of allylic oxidation sites excluding steroid dienone is 1. The molecule has 0 aromatic rings. The third kappa shape index (κ3) is 9.54. The van der Waals surface area contributed by atoms with E-state index < -0.39 is 0 Å². The van der Waals surface area contributed by atoms with Gasteiger partial charge in [-0.25, -0.2) is 4.99 Å². The molecule has 2 aliphatic rings. The molecule has 0 saturated heterocycles. The number of nitrogens with one attached hydrogen (secondary N) is 3. The van der Waals surface area contributed by atoms with E-state index in [1.807, 2.05) is 17.1 Å². The number of carbonyl (C=O) groups is 3. The number of hydrogen-bond donors (Lipinski definition) is 6. The molecule has 32 heavy (non-hydrogen) atoms. The number of nitrogens with zero attached hydrogens (tertiary/aromatic N) is 3. The number of likely N-dealkylation sites (N-methyl/N-ethyl adjacent to an activating group) is 2. The lowest BCUT2D eigenvalue weighted by molar-refractivity contribution is -0.121. The van der Waals surface area contributed by atoms with E-state index in [1.165, 1.54) is 0 Å². The third-order valence-corrected chi connectivity index (χ3v) is 5.09. The van der Waals surface area contributed by atoms with Gasteiger partial charge in [0.05, 0.1) is 31.0 Å². The van der Waals surface area contributed by atoms with E-state index >= 15 is 0 Å². The highest BCUT2D eigenvalue weighted by Crippen LogP contribution is 2.17. The second kappa shape index (κ2) is 15.1. The Kier molecular flexibility index (Phi) is 12.8. The number of carbonyl (C=O) groups excluding carboxylic acids is 3. The summed E-state index contributed by atoms with van der Waals surface area (Å²) in [5, 5.41) is 8.49. The number of amides is 3. The maximum absolute atomic E-state index is 11.9. The molecule has 2 aliphatic heterocycles. The molecule has 180 valence electrons. The van der Waals surface area contributed by atoms with Crippen molar-refractivity contribution in [3.63, 3.8) is 0 Å². The van der Waals surface area contributed by atoms with Crippen LogP contribution < -0.4 is 33.2 Å². The van der Waals surface area contributed by atoms with Gasteiger partial charge in [-0.3, -0.25) is 19.4 Å². The highest BCUT2D eigenvalue weighted by molar-refractivity contribution is 5.82. The number of rotatable bonds is 13. The van der Waals surface area contributed by atoms with Gasteiger partial charge in [-0.1, -0.05) is 6.08 Å². The zero-order valence-electron chi connectivity index (χ0n) is 18.9. The number of fused-ring (bicyclic) bond motifs is 1. The Morgan fingerprint density at radius 1 is 1.03 bits per heavy atom. The lowest BCUT2D eigenvalue weighted by Gasteiger charge is -2.24. The molecule has 2 rings (SSSR count). The van der Waals surface area contributed by atoms with Gasteiger partial charge < -0.3 is 38.1 Å². The van der Waals surface area contributed by atoms with Crippen LogP contribution in [0.15, 0.2) is 22.1 Å². The molecule has 12 heteroatoms. The lowest BCUT2D eigenvalue weighted by atomic mass is 10.1. The lowest BCUT2D eigenvalue weighted by Crippen LogP contribution is -2.43. The summed E-state index contributed by atoms with van der Waals surface area (Å²) in [5.41, 5.74) is 15.5. The molecule has 3 amide bonds. The van der Waals surface area contributed by atoms with Crippen LogP contribution in [0.4, 0.5) is 0 Å². The molecule has 0 spiro atoms. The van der Waals surface area contributed by atoms with Crippen molar-refractivity contribution in [3.8, 4) is 0 Å². The van der Waals surface area contributed by atoms with Crippen LogP contribution >= 0.6 is 0 Å². The molecule has 4 atom stereocenters. The first-order valence-electron chi connectivity index (χ1n) is 10.7. The van der Waals surface area contributed by atoms with Gasteiger partial charge in [0.25, 0.3) is 0 Å². The van der Waals surface area contributed by atoms with Crippen molar-refractivity contribution >= 4 is 30.3 Å². The first kappa shape index (κ1) is 27.2. The summed E-state index contributed by atoms with van der Waals surface area (Å²) < 4.78 is 0. The normalized spacial score (nSPS) is 20.2. The molecule has 0 aromatic heterocycles. The standard InChI is InChI=1S/C14H22N6O2.C6H15N3O/c1-16-10(13(15)22)4-2-6-17-12(21)8-20-9-19-14-11(20)5-3-7-18-14;1-9-5(6(8)10)3-2-4-7/h3,5,7,9-11,14,16H,2,4,6,8H2,1H3,(H2,15,22)(H,17,21);5,9H,2-4,7H2,1H3,(H2,8,10). The largest absolute Gasteiger partial charge is 0.368 e. The Balaban J connectivity index is 0.000000433. The van der Waals surface area contributed by atoms with E-state index in [4.69, 9.17) is 17.2 Å². The van der Waals surface area contributed by atoms with Crippen LogP contribution in [0.2, 0.25) is 0 Å². The van der Waals surface area contributed by atoms with Crippen LogP contribution in [0, 0.1) is 0 Å². The number of nitrogens with two attached hydrogens (primary N) is 3. The Morgan fingerprint density at radius 2 is 1.66 bits per heavy atom. The van der Waals surface area contributed by atoms with Crippen molar-refractivity contribution in [1.82, 2.24) is 20.9 Å². The maximum atomic E-state index is 11.9. The van der Waals surface area contributed by atoms with Crippen LogP contribution in [-0.4, -0.2) is 93.2 Å². The fourth-order valence-electron chi connectivity index (χ4n) is 3.21. The van der Waals surface area contributed by atoms with Crippen LogP contribution in [0.1, 0.15) is 25.7 Å². The first-order valence-corrected chi connectivity index (χ1v) is 10.7. The smallest absolute Gasteiger partial charge is 0.239 e. The molecule has 4 unspecified atom stereocenters. The second-order valence-electron chi connectivity index (χ2n) is 7.43. The van der Waals surface area contributed by atoms with Crippen molar-refractivity contribution in [2.45, 2.75) is 50.0 Å². The summed E-state index contributed by atoms with van der Waals surface area (Å²) in [4.78, 5) is 43.9. The van der Waals surface area contributed by atoms with Crippen molar-refractivity contribution in [3.05, 3.63) is 12.2 Å². The van der Waals surface area contributed by atoms with Crippen molar-refractivity contribution in [1.29, 1.82) is 0 Å². The predicted molar refractivity (Wildman–Crippen MR) is 125 cm³/mol. The van der Waals surface area contributed by atoms with Crippen molar-refractivity contribution in [2.24, 2.45) is 27.2 Å². The topological polar surface area (TPSA) is 193 Å². The molecule has 0 aromatic carbocycles. The zero-order valence-corrected chi connectivity index (χ0v) is 18.9. The van der Waals surface area contributed by atoms with Crippen LogP contribution in [0.25, 0.3) is 0 Å². The Morgan fingerprint density at radius 3 is 2.22 bits per heavy atom. The molecule has 0 aliphatic carbocycles. The van der Waals surface area contributed by atoms with Gasteiger partial charge in [-0.05, 0) is 52.4 Å². The minimum Gasteiger partial charge on any atom is -0.368 e. The van der Waals surface area contributed by atoms with Gasteiger partial charge in [-0.15, -0.1) is 0 Å². The summed E-state index contributed by atoms with van der Waals surface area (Å²) in [6.07, 6.45) is 9.95. The summed E-state index contributed by atoms with van der Waals surface area (Å²) in [5.74, 6) is -0.760. The number of aliphatic imine (C=N–C) groups is 2. The molecular formula is C20H37N9O3. The number of dihydropyridines is 1. The molecule has 12 nitrogen and oxygen atoms in total. The molecule has 2 heterocycles. The number of primary amides is 2. The SMILES string of the molecule is CNC(CCCN)C(N)=O.CNC(CCCNC(=O)CN1C=NC2N=CC=CC21)C(N)=O. The van der Waals surface area contributed by atoms with Crippen molar-refractivity contribution < 1.29 is 14.4 Å². The molecule has 0 saturated carbocycles. The average Bonchev–Trinajstić information content (AvgIpc) is 3.17. The van der Waals surface area contributed by atoms with Gasteiger partial charge in [0.2, 0.25) is 17.7 Å². The van der Waals surface area contributed by atoms with Gasteiger partial charge >= 0.3 is 0 Å². The number of hydrogen-bond acceptors (Lipinski definition) is 9. The Labute approximate surface area is 189 Å². The van der Waals surface area contributed by atoms with Crippen LogP contribution in [0.3, 0.4) is 0 Å². The van der Waals surface area contributed by atoms with Gasteiger partial charge in [0, 0.05) is 12.8 Å². The predicted octanol–water partition coefficient (Wildman–Crippen LogP) is -2.57. The molecule has 0 radical (unpaired) electrons. The Bertz CT molecular complexity index is 696. The average molecular weight is 452 g/mol. The maximum Gasteiger partial charge on any atom is 0.239 e. The van der Waals surface area contributed by atoms with E-state index in [0.717, 1.165) is 12.8 Å². The van der Waals surface area contributed by atoms with E-state index in [9.17, 15) is 14.4 Å². The molecular weight excluding hydrogens is 414 g/mol. The minimum atomic E-state index is -0.377. The zero-order chi connectivity index (χ0) is 23.9. The summed E-state index contributed by atoms with van der Waals surface area (Å²) in [6.45, 7) is 1.36. The van der Waals surface area contributed by atoms with Gasteiger partial charge in [-0.2, -0.15) is 0 Å². The van der Waals surface area contributed by atoms with Crippen LogP contribution in [-0.2, 0) is 14.4 Å². The van der Waals surface area contributed by atoms with E-state index in [0.29, 0.717) is 25.9 Å². The van der Waals surface area contributed by atoms with E-state index in [2.05, 4.69) is 25.9 Å². The summed E-state index contributed by atoms with van der Waals surface area (Å²) >= 11 is 0. The van der Waals surface area contributed by atoms with Gasteiger partial charge in [0.15, 0.2) is 6.17 Å². The second-order valence-corrected chi connectivity index (χ2v) is 7.43. The fraction of sp³-hybridized carbons (Fsp3) is 0.650. The molecule has 0 fully saturated rings. The third-order valence-electron chi connectivity index (χ3n) is 5.09. The highest BCUT2D eigenvalue weighted by Gasteiger charge is 2.30. The van der Waals surface area contributed by atoms with Crippen molar-refractivity contribution in [2.75, 3.05) is 33.7 Å². The quantitative estimate of drug-likeness (QED) is 0.166.